The molecule has 3 N–H and O–H groups in total. The maximum atomic E-state index is 12.1. The van der Waals surface area contributed by atoms with Crippen LogP contribution in [0.15, 0.2) is 59.5 Å². The Labute approximate surface area is 148 Å². The third kappa shape index (κ3) is 3.84. The highest BCUT2D eigenvalue weighted by Crippen LogP contribution is 2.32. The van der Waals surface area contributed by atoms with Crippen molar-refractivity contribution in [1.82, 2.24) is 0 Å². The molecule has 0 atom stereocenters. The van der Waals surface area contributed by atoms with E-state index in [1.807, 2.05) is 24.3 Å². The van der Waals surface area contributed by atoms with E-state index < -0.39 is 0 Å². The lowest BCUT2D eigenvalue weighted by Gasteiger charge is -2.08. The number of rotatable bonds is 4. The highest BCUT2D eigenvalue weighted by molar-refractivity contribution is 8.00. The molecule has 6 heteroatoms. The summed E-state index contributed by atoms with van der Waals surface area (Å²) in [7, 11) is 0. The number of phenols is 2. The minimum absolute atomic E-state index is 0.163. The highest BCUT2D eigenvalue weighted by Gasteiger charge is 2.08. The number of anilines is 1. The summed E-state index contributed by atoms with van der Waals surface area (Å²) in [4.78, 5) is 13.0. The van der Waals surface area contributed by atoms with Crippen LogP contribution in [0.2, 0.25) is 0 Å². The van der Waals surface area contributed by atoms with Crippen molar-refractivity contribution in [3.05, 3.63) is 60.2 Å². The lowest BCUT2D eigenvalue weighted by atomic mass is 10.1. The molecule has 0 aliphatic carbocycles. The number of nitriles is 1. The van der Waals surface area contributed by atoms with Gasteiger partial charge in [0, 0.05) is 4.90 Å². The molecular formula is C19H14N2O3S. The zero-order valence-corrected chi connectivity index (χ0v) is 13.9. The minimum Gasteiger partial charge on any atom is -0.504 e. The van der Waals surface area contributed by atoms with E-state index in [1.54, 1.807) is 24.3 Å². The molecule has 0 saturated heterocycles. The molecule has 0 aliphatic heterocycles. The third-order valence-electron chi connectivity index (χ3n) is 3.60. The van der Waals surface area contributed by atoms with Gasteiger partial charge in [0.2, 0.25) is 5.91 Å². The molecule has 1 amide bonds. The number of thioether (sulfide) groups is 1. The fourth-order valence-electron chi connectivity index (χ4n) is 2.37. The average molecular weight is 350 g/mol. The summed E-state index contributed by atoms with van der Waals surface area (Å²) in [6.07, 6.45) is 0. The van der Waals surface area contributed by atoms with Crippen LogP contribution in [0.4, 0.5) is 5.69 Å². The van der Waals surface area contributed by atoms with Crippen molar-refractivity contribution in [3.8, 4) is 17.6 Å². The van der Waals surface area contributed by atoms with E-state index in [9.17, 15) is 15.0 Å². The van der Waals surface area contributed by atoms with E-state index in [-0.39, 0.29) is 23.2 Å². The number of nitrogens with one attached hydrogen (secondary N) is 1. The second-order valence-corrected chi connectivity index (χ2v) is 6.39. The van der Waals surface area contributed by atoms with Crippen LogP contribution >= 0.6 is 11.8 Å². The predicted molar refractivity (Wildman–Crippen MR) is 97.8 cm³/mol. The Morgan fingerprint density at radius 1 is 1.04 bits per heavy atom. The monoisotopic (exact) mass is 350 g/mol. The van der Waals surface area contributed by atoms with Crippen molar-refractivity contribution in [2.24, 2.45) is 0 Å². The van der Waals surface area contributed by atoms with Crippen LogP contribution in [0.3, 0.4) is 0 Å². The lowest BCUT2D eigenvalue weighted by Crippen LogP contribution is -2.14. The van der Waals surface area contributed by atoms with Gasteiger partial charge in [-0.25, -0.2) is 0 Å². The van der Waals surface area contributed by atoms with Gasteiger partial charge in [0.05, 0.1) is 17.0 Å². The molecule has 3 aromatic carbocycles. The zero-order chi connectivity index (χ0) is 17.8. The van der Waals surface area contributed by atoms with Crippen molar-refractivity contribution >= 4 is 34.1 Å². The Bertz CT molecular complexity index is 996. The number of aromatic hydroxyl groups is 2. The molecule has 0 saturated carbocycles. The van der Waals surface area contributed by atoms with E-state index in [4.69, 9.17) is 5.26 Å². The molecule has 5 nitrogen and oxygen atoms in total. The van der Waals surface area contributed by atoms with Crippen LogP contribution < -0.4 is 5.32 Å². The average Bonchev–Trinajstić information content (AvgIpc) is 2.61. The number of carbonyl (C=O) groups is 1. The lowest BCUT2D eigenvalue weighted by molar-refractivity contribution is -0.113. The number of hydrogen-bond donors (Lipinski definition) is 3. The standard InChI is InChI=1S/C19H14N2O3S/c20-10-13-3-1-2-4-16(13)21-19(24)11-25-15-6-5-12-8-17(22)18(23)9-14(12)7-15/h1-9,22-23H,11H2,(H,21,24). The van der Waals surface area contributed by atoms with Gasteiger partial charge < -0.3 is 15.5 Å². The Kier molecular flexibility index (Phi) is 4.78. The summed E-state index contributed by atoms with van der Waals surface area (Å²) in [5.41, 5.74) is 0.913. The van der Waals surface area contributed by atoms with Crippen LogP contribution in [-0.2, 0) is 4.79 Å². The van der Waals surface area contributed by atoms with Gasteiger partial charge in [-0.3, -0.25) is 4.79 Å². The fourth-order valence-corrected chi connectivity index (χ4v) is 3.11. The molecule has 124 valence electrons. The van der Waals surface area contributed by atoms with Crippen LogP contribution in [0.1, 0.15) is 5.56 Å². The predicted octanol–water partition coefficient (Wildman–Crippen LogP) is 3.85. The first-order valence-electron chi connectivity index (χ1n) is 7.44. The summed E-state index contributed by atoms with van der Waals surface area (Å²) in [5, 5.41) is 32.4. The summed E-state index contributed by atoms with van der Waals surface area (Å²) >= 11 is 1.35. The van der Waals surface area contributed by atoms with Crippen molar-refractivity contribution in [1.29, 1.82) is 5.26 Å². The maximum Gasteiger partial charge on any atom is 0.234 e. The maximum absolute atomic E-state index is 12.1. The molecule has 0 spiro atoms. The van der Waals surface area contributed by atoms with Gasteiger partial charge >= 0.3 is 0 Å². The van der Waals surface area contributed by atoms with E-state index in [0.29, 0.717) is 11.3 Å². The smallest absolute Gasteiger partial charge is 0.234 e. The Morgan fingerprint density at radius 2 is 1.76 bits per heavy atom. The highest BCUT2D eigenvalue weighted by atomic mass is 32.2. The Morgan fingerprint density at radius 3 is 2.52 bits per heavy atom. The quantitative estimate of drug-likeness (QED) is 0.491. The number of para-hydroxylation sites is 1. The van der Waals surface area contributed by atoms with Crippen LogP contribution in [0, 0.1) is 11.3 Å². The fraction of sp³-hybridized carbons (Fsp3) is 0.0526. The van der Waals surface area contributed by atoms with Crippen molar-refractivity contribution in [3.63, 3.8) is 0 Å². The van der Waals surface area contributed by atoms with Gasteiger partial charge in [-0.2, -0.15) is 5.26 Å². The summed E-state index contributed by atoms with van der Waals surface area (Å²) in [6, 6.07) is 17.4. The van der Waals surface area contributed by atoms with E-state index in [0.717, 1.165) is 15.7 Å². The molecule has 0 unspecified atom stereocenters. The van der Waals surface area contributed by atoms with Crippen molar-refractivity contribution < 1.29 is 15.0 Å². The molecule has 0 heterocycles. The molecule has 0 radical (unpaired) electrons. The van der Waals surface area contributed by atoms with Gasteiger partial charge in [-0.15, -0.1) is 11.8 Å². The first kappa shape index (κ1) is 16.7. The van der Waals surface area contributed by atoms with E-state index >= 15 is 0 Å². The number of hydrogen-bond acceptors (Lipinski definition) is 5. The zero-order valence-electron chi connectivity index (χ0n) is 13.1. The van der Waals surface area contributed by atoms with Gasteiger partial charge in [-0.05, 0) is 47.2 Å². The molecule has 0 aromatic heterocycles. The molecule has 0 fully saturated rings. The number of carbonyl (C=O) groups excluding carboxylic acids is 1. The van der Waals surface area contributed by atoms with Crippen molar-refractivity contribution in [2.75, 3.05) is 11.1 Å². The summed E-state index contributed by atoms with van der Waals surface area (Å²) < 4.78 is 0. The summed E-state index contributed by atoms with van der Waals surface area (Å²) in [6.45, 7) is 0. The molecule has 3 aromatic rings. The molecule has 3 rings (SSSR count). The van der Waals surface area contributed by atoms with Crippen LogP contribution in [-0.4, -0.2) is 21.9 Å². The first-order valence-corrected chi connectivity index (χ1v) is 8.43. The second-order valence-electron chi connectivity index (χ2n) is 5.34. The van der Waals surface area contributed by atoms with Gasteiger partial charge in [-0.1, -0.05) is 18.2 Å². The molecular weight excluding hydrogens is 336 g/mol. The largest absolute Gasteiger partial charge is 0.504 e. The summed E-state index contributed by atoms with van der Waals surface area (Å²) in [5.74, 6) is -0.361. The SMILES string of the molecule is N#Cc1ccccc1NC(=O)CSc1ccc2cc(O)c(O)cc2c1. The number of fused-ring (bicyclic) bond motifs is 1. The van der Waals surface area contributed by atoms with Crippen molar-refractivity contribution in [2.45, 2.75) is 4.90 Å². The number of phenolic OH excluding ortho intramolecular Hbond substituents is 2. The van der Waals surface area contributed by atoms with Crippen LogP contribution in [0.5, 0.6) is 11.5 Å². The number of nitrogens with zero attached hydrogens (tertiary/aromatic N) is 1. The molecule has 0 aliphatic rings. The van der Waals surface area contributed by atoms with E-state index in [2.05, 4.69) is 5.32 Å². The molecule has 25 heavy (non-hydrogen) atoms. The number of amides is 1. The van der Waals surface area contributed by atoms with Gasteiger partial charge in [0.1, 0.15) is 6.07 Å². The first-order chi connectivity index (χ1) is 12.1. The third-order valence-corrected chi connectivity index (χ3v) is 4.59. The van der Waals surface area contributed by atoms with Gasteiger partial charge in [0.25, 0.3) is 0 Å². The minimum atomic E-state index is -0.207. The Hall–Kier alpha value is -3.17. The van der Waals surface area contributed by atoms with E-state index in [1.165, 1.54) is 23.9 Å². The second kappa shape index (κ2) is 7.16. The number of benzene rings is 3. The molecule has 0 bridgehead atoms. The normalized spacial score (nSPS) is 10.4. The van der Waals surface area contributed by atoms with Gasteiger partial charge in [0.15, 0.2) is 11.5 Å². The Balaban J connectivity index is 1.69. The van der Waals surface area contributed by atoms with Crippen LogP contribution in [0.25, 0.3) is 10.8 Å². The topological polar surface area (TPSA) is 93.4 Å².